The van der Waals surface area contributed by atoms with Crippen LogP contribution in [0.2, 0.25) is 0 Å². The number of allylic oxidation sites excluding steroid dienone is 8. The summed E-state index contributed by atoms with van der Waals surface area (Å²) in [6.45, 7) is 8.02. The minimum Gasteiger partial charge on any atom is -0.327 e. The topological polar surface area (TPSA) is 115 Å². The molecule has 0 unspecified atom stereocenters. The summed E-state index contributed by atoms with van der Waals surface area (Å²) < 4.78 is 67.6. The molecule has 2 aromatic rings. The minimum atomic E-state index is -4.25. The number of hydrogen-bond donors (Lipinski definition) is 2. The monoisotopic (exact) mass is 569 g/mol. The van der Waals surface area contributed by atoms with Crippen molar-refractivity contribution in [2.45, 2.75) is 38.5 Å². The van der Waals surface area contributed by atoms with Crippen LogP contribution >= 0.6 is 0 Å². The lowest BCUT2D eigenvalue weighted by atomic mass is 9.81. The van der Waals surface area contributed by atoms with Crippen LogP contribution in [-0.2, 0) is 31.1 Å². The van der Waals surface area contributed by atoms with E-state index in [1.54, 1.807) is 39.9 Å². The average Bonchev–Trinajstić information content (AvgIpc) is 3.16. The first-order chi connectivity index (χ1) is 18.1. The molecule has 39 heavy (non-hydrogen) atoms. The SMILES string of the molecule is CC1(C)C(/C=C/C=C/C=C/C=C2/N(CS(=O)(=O)O)c3ccccc3C2(C)C)=[N+](CS(=O)(=O)O)c2ccccc21. The van der Waals surface area contributed by atoms with Crippen LogP contribution in [0.5, 0.6) is 0 Å². The van der Waals surface area contributed by atoms with Gasteiger partial charge in [-0.3, -0.25) is 9.11 Å². The van der Waals surface area contributed by atoms with Crippen molar-refractivity contribution in [3.8, 4) is 0 Å². The van der Waals surface area contributed by atoms with Crippen molar-refractivity contribution < 1.29 is 30.5 Å². The van der Waals surface area contributed by atoms with Crippen molar-refractivity contribution in [2.24, 2.45) is 0 Å². The van der Waals surface area contributed by atoms with Gasteiger partial charge in [-0.2, -0.15) is 21.4 Å². The summed E-state index contributed by atoms with van der Waals surface area (Å²) in [6, 6.07) is 15.0. The van der Waals surface area contributed by atoms with Gasteiger partial charge in [-0.15, -0.1) is 0 Å². The molecule has 8 nitrogen and oxygen atoms in total. The smallest absolute Gasteiger partial charge is 0.326 e. The van der Waals surface area contributed by atoms with Gasteiger partial charge in [0.2, 0.25) is 5.69 Å². The Bertz CT molecular complexity index is 1660. The Morgan fingerprint density at radius 1 is 0.769 bits per heavy atom. The van der Waals surface area contributed by atoms with Gasteiger partial charge in [0, 0.05) is 34.5 Å². The molecule has 0 bridgehead atoms. The first kappa shape index (κ1) is 28.7. The molecule has 4 rings (SSSR count). The Morgan fingerprint density at radius 2 is 1.36 bits per heavy atom. The van der Waals surface area contributed by atoms with E-state index in [1.807, 2.05) is 88.4 Å². The van der Waals surface area contributed by atoms with Crippen LogP contribution in [0.1, 0.15) is 38.8 Å². The summed E-state index contributed by atoms with van der Waals surface area (Å²) in [6.07, 6.45) is 12.7. The summed E-state index contributed by atoms with van der Waals surface area (Å²) in [5.41, 5.74) is 3.97. The fourth-order valence-corrected chi connectivity index (χ4v) is 6.58. The fourth-order valence-electron chi connectivity index (χ4n) is 5.37. The molecule has 2 aliphatic rings. The zero-order chi connectivity index (χ0) is 28.6. The average molecular weight is 570 g/mol. The van der Waals surface area contributed by atoms with E-state index in [9.17, 15) is 25.9 Å². The van der Waals surface area contributed by atoms with Crippen LogP contribution in [0.15, 0.2) is 96.8 Å². The van der Waals surface area contributed by atoms with E-state index in [-0.39, 0.29) is 0 Å². The molecule has 2 aromatic carbocycles. The van der Waals surface area contributed by atoms with Gasteiger partial charge in [0.1, 0.15) is 0 Å². The van der Waals surface area contributed by atoms with Gasteiger partial charge < -0.3 is 4.90 Å². The minimum absolute atomic E-state index is 0.467. The Labute approximate surface area is 230 Å². The summed E-state index contributed by atoms with van der Waals surface area (Å²) in [7, 11) is -8.50. The van der Waals surface area contributed by atoms with E-state index >= 15 is 0 Å². The molecule has 0 spiro atoms. The second-order valence-electron chi connectivity index (χ2n) is 10.6. The molecule has 10 heteroatoms. The normalized spacial score (nSPS) is 19.6. The third-order valence-corrected chi connectivity index (χ3v) is 8.30. The quantitative estimate of drug-likeness (QED) is 0.258. The molecule has 0 radical (unpaired) electrons. The Balaban J connectivity index is 1.58. The zero-order valence-corrected chi connectivity index (χ0v) is 23.9. The fraction of sp³-hybridized carbons (Fsp3) is 0.276. The number of para-hydroxylation sites is 2. The third-order valence-electron chi connectivity index (χ3n) is 7.14. The number of benzene rings is 2. The highest BCUT2D eigenvalue weighted by Crippen LogP contribution is 2.47. The van der Waals surface area contributed by atoms with Crippen LogP contribution in [-0.4, -0.2) is 48.0 Å². The maximum absolute atomic E-state index is 11.7. The van der Waals surface area contributed by atoms with Gasteiger partial charge in [0.25, 0.3) is 16.0 Å². The largest absolute Gasteiger partial charge is 0.327 e. The second kappa shape index (κ2) is 10.3. The van der Waals surface area contributed by atoms with E-state index in [0.717, 1.165) is 33.9 Å². The summed E-state index contributed by atoms with van der Waals surface area (Å²) in [5.74, 6) is -1.08. The van der Waals surface area contributed by atoms with E-state index in [2.05, 4.69) is 0 Å². The van der Waals surface area contributed by atoms with Gasteiger partial charge in [-0.05, 0) is 31.6 Å². The van der Waals surface area contributed by atoms with Crippen molar-refractivity contribution in [2.75, 3.05) is 16.7 Å². The molecular formula is C29H33N2O6S2+. The molecule has 0 fully saturated rings. The number of anilines is 1. The molecule has 0 aromatic heterocycles. The molecule has 0 saturated carbocycles. The Kier molecular flexibility index (Phi) is 7.61. The third kappa shape index (κ3) is 5.99. The molecule has 2 N–H and O–H groups in total. The predicted octanol–water partition coefficient (Wildman–Crippen LogP) is 5.10. The Hall–Kier alpha value is -3.31. The van der Waals surface area contributed by atoms with Crippen molar-refractivity contribution in [3.05, 3.63) is 108 Å². The van der Waals surface area contributed by atoms with Crippen LogP contribution in [0.4, 0.5) is 11.4 Å². The van der Waals surface area contributed by atoms with E-state index in [0.29, 0.717) is 0 Å². The molecule has 2 heterocycles. The zero-order valence-electron chi connectivity index (χ0n) is 22.3. The molecule has 0 atom stereocenters. The number of fused-ring (bicyclic) bond motifs is 2. The molecule has 206 valence electrons. The van der Waals surface area contributed by atoms with Crippen LogP contribution in [0, 0.1) is 0 Å². The Morgan fingerprint density at radius 3 is 2.03 bits per heavy atom. The lowest BCUT2D eigenvalue weighted by molar-refractivity contribution is -0.416. The van der Waals surface area contributed by atoms with E-state index < -0.39 is 42.8 Å². The van der Waals surface area contributed by atoms with Gasteiger partial charge in [0.15, 0.2) is 11.6 Å². The molecule has 0 amide bonds. The van der Waals surface area contributed by atoms with Crippen LogP contribution in [0.3, 0.4) is 0 Å². The molecular weight excluding hydrogens is 536 g/mol. The summed E-state index contributed by atoms with van der Waals surface area (Å²) in [5, 5.41) is 0. The molecule has 0 saturated heterocycles. The van der Waals surface area contributed by atoms with Gasteiger partial charge in [0.05, 0.1) is 5.41 Å². The second-order valence-corrected chi connectivity index (χ2v) is 13.5. The van der Waals surface area contributed by atoms with E-state index in [1.165, 1.54) is 0 Å². The van der Waals surface area contributed by atoms with Gasteiger partial charge in [-0.25, -0.2) is 0 Å². The van der Waals surface area contributed by atoms with Crippen LogP contribution < -0.4 is 4.90 Å². The lowest BCUT2D eigenvalue weighted by Gasteiger charge is -2.25. The van der Waals surface area contributed by atoms with Gasteiger partial charge in [-0.1, -0.05) is 80.6 Å². The standard InChI is InChI=1S/C29H32N2O6S2/c1-28(2)22-14-10-12-16-24(22)30(20-38(32,33)34)26(28)18-8-6-5-7-9-19-27-29(3,4)23-15-11-13-17-25(23)31(27)21-39(35,36)37/h5-19H,20-21H2,1-4H3,(H-,32,33,34,35,36,37)/p+1. The lowest BCUT2D eigenvalue weighted by Crippen LogP contribution is -2.30. The maximum atomic E-state index is 11.7. The highest BCUT2D eigenvalue weighted by molar-refractivity contribution is 7.86. The highest BCUT2D eigenvalue weighted by atomic mass is 32.2. The predicted molar refractivity (Wildman–Crippen MR) is 155 cm³/mol. The van der Waals surface area contributed by atoms with E-state index in [4.69, 9.17) is 0 Å². The highest BCUT2D eigenvalue weighted by Gasteiger charge is 2.45. The first-order valence-corrected chi connectivity index (χ1v) is 15.6. The summed E-state index contributed by atoms with van der Waals surface area (Å²) in [4.78, 5) is 1.61. The van der Waals surface area contributed by atoms with Crippen LogP contribution in [0.25, 0.3) is 0 Å². The molecule has 0 aliphatic carbocycles. The summed E-state index contributed by atoms with van der Waals surface area (Å²) >= 11 is 0. The maximum Gasteiger partial charge on any atom is 0.326 e. The number of rotatable bonds is 8. The molecule has 2 aliphatic heterocycles. The van der Waals surface area contributed by atoms with Crippen molar-refractivity contribution in [1.29, 1.82) is 0 Å². The van der Waals surface area contributed by atoms with Crippen molar-refractivity contribution >= 4 is 37.3 Å². The number of nitrogens with zero attached hydrogens (tertiary/aromatic N) is 2. The number of hydrogen-bond acceptors (Lipinski definition) is 5. The van der Waals surface area contributed by atoms with Crippen molar-refractivity contribution in [3.63, 3.8) is 0 Å². The van der Waals surface area contributed by atoms with Gasteiger partial charge >= 0.3 is 10.1 Å². The first-order valence-electron chi connectivity index (χ1n) is 12.4. The van der Waals surface area contributed by atoms with Crippen molar-refractivity contribution in [1.82, 2.24) is 0 Å².